The molecule has 146 valence electrons. The Hall–Kier alpha value is -2.75. The molecule has 0 aliphatic carbocycles. The molecule has 0 unspecified atom stereocenters. The molecule has 2 N–H and O–H groups in total. The van der Waals surface area contributed by atoms with Crippen molar-refractivity contribution in [3.05, 3.63) is 27.1 Å². The van der Waals surface area contributed by atoms with Gasteiger partial charge in [-0.1, -0.05) is 6.92 Å². The van der Waals surface area contributed by atoms with Gasteiger partial charge in [-0.2, -0.15) is 0 Å². The van der Waals surface area contributed by atoms with Gasteiger partial charge in [-0.05, 0) is 25.8 Å². The Kier molecular flexibility index (Phi) is 7.05. The Morgan fingerprint density at radius 3 is 2.63 bits per heavy atom. The van der Waals surface area contributed by atoms with E-state index in [-0.39, 0.29) is 25.6 Å². The fourth-order valence-electron chi connectivity index (χ4n) is 2.38. The highest BCUT2D eigenvalue weighted by Crippen LogP contribution is 2.27. The van der Waals surface area contributed by atoms with Crippen LogP contribution in [0, 0.1) is 6.92 Å². The van der Waals surface area contributed by atoms with E-state index in [0.717, 1.165) is 22.3 Å². The van der Waals surface area contributed by atoms with Crippen LogP contribution in [-0.4, -0.2) is 47.0 Å². The summed E-state index contributed by atoms with van der Waals surface area (Å²) >= 11 is 1.08. The zero-order chi connectivity index (χ0) is 20.0. The fraction of sp³-hybridized carbons (Fsp3) is 0.471. The van der Waals surface area contributed by atoms with Crippen LogP contribution in [0.1, 0.15) is 35.5 Å². The van der Waals surface area contributed by atoms with Crippen LogP contribution in [0.15, 0.2) is 11.1 Å². The lowest BCUT2D eigenvalue weighted by molar-refractivity contribution is -0.126. The van der Waals surface area contributed by atoms with Gasteiger partial charge in [0, 0.05) is 6.54 Å². The van der Waals surface area contributed by atoms with E-state index >= 15 is 0 Å². The molecular formula is C17H22N4O5S. The molecule has 2 amide bonds. The summed E-state index contributed by atoms with van der Waals surface area (Å²) in [5.41, 5.74) is 0.0644. The number of hydrogen-bond acceptors (Lipinski definition) is 7. The number of esters is 1. The van der Waals surface area contributed by atoms with Crippen molar-refractivity contribution < 1.29 is 19.1 Å². The molecule has 0 aromatic carbocycles. The minimum absolute atomic E-state index is 0.159. The lowest BCUT2D eigenvalue weighted by Gasteiger charge is -2.07. The summed E-state index contributed by atoms with van der Waals surface area (Å²) in [5, 5.41) is 5.39. The van der Waals surface area contributed by atoms with Crippen LogP contribution >= 0.6 is 11.3 Å². The van der Waals surface area contributed by atoms with Crippen LogP contribution in [0.4, 0.5) is 0 Å². The number of fused-ring (bicyclic) bond motifs is 1. The standard InChI is InChI=1S/C17H22N4O5S/c1-4-6-18-11(22)7-19-12(23)8-21-9-20-15-13(16(21)24)10(3)14(27-15)17(25)26-5-2/h9H,4-8H2,1-3H3,(H,18,22)(H,19,23). The number of aromatic nitrogens is 2. The Morgan fingerprint density at radius 2 is 1.96 bits per heavy atom. The lowest BCUT2D eigenvalue weighted by Crippen LogP contribution is -2.39. The second-order valence-corrected chi connectivity index (χ2v) is 6.76. The van der Waals surface area contributed by atoms with Crippen molar-refractivity contribution in [2.75, 3.05) is 19.7 Å². The van der Waals surface area contributed by atoms with Crippen molar-refractivity contribution in [2.24, 2.45) is 0 Å². The van der Waals surface area contributed by atoms with Gasteiger partial charge in [0.1, 0.15) is 16.3 Å². The average molecular weight is 394 g/mol. The highest BCUT2D eigenvalue weighted by atomic mass is 32.1. The first kappa shape index (κ1) is 20.6. The van der Waals surface area contributed by atoms with Crippen LogP contribution in [0.25, 0.3) is 10.2 Å². The molecule has 0 fully saturated rings. The van der Waals surface area contributed by atoms with Crippen LogP contribution in [0.2, 0.25) is 0 Å². The van der Waals surface area contributed by atoms with E-state index in [4.69, 9.17) is 4.74 Å². The molecule has 10 heteroatoms. The van der Waals surface area contributed by atoms with Crippen LogP contribution < -0.4 is 16.2 Å². The molecule has 0 atom stereocenters. The lowest BCUT2D eigenvalue weighted by atomic mass is 10.2. The molecular weight excluding hydrogens is 372 g/mol. The summed E-state index contributed by atoms with van der Waals surface area (Å²) in [4.78, 5) is 53.1. The number of carbonyl (C=O) groups is 3. The molecule has 0 saturated heterocycles. The van der Waals surface area contributed by atoms with Crippen molar-refractivity contribution in [1.29, 1.82) is 0 Å². The second kappa shape index (κ2) is 9.26. The van der Waals surface area contributed by atoms with Gasteiger partial charge in [0.05, 0.1) is 24.9 Å². The normalized spacial score (nSPS) is 10.6. The molecule has 9 nitrogen and oxygen atoms in total. The van der Waals surface area contributed by atoms with Gasteiger partial charge in [-0.25, -0.2) is 9.78 Å². The third kappa shape index (κ3) is 4.91. The van der Waals surface area contributed by atoms with E-state index in [1.165, 1.54) is 6.33 Å². The second-order valence-electron chi connectivity index (χ2n) is 5.76. The van der Waals surface area contributed by atoms with Gasteiger partial charge in [0.2, 0.25) is 11.8 Å². The van der Waals surface area contributed by atoms with Crippen LogP contribution in [-0.2, 0) is 20.9 Å². The number of nitrogens with zero attached hydrogens (tertiary/aromatic N) is 2. The summed E-state index contributed by atoms with van der Waals surface area (Å²) in [7, 11) is 0. The van der Waals surface area contributed by atoms with Gasteiger partial charge >= 0.3 is 5.97 Å². The van der Waals surface area contributed by atoms with E-state index in [9.17, 15) is 19.2 Å². The molecule has 0 saturated carbocycles. The fourth-order valence-corrected chi connectivity index (χ4v) is 3.41. The zero-order valence-electron chi connectivity index (χ0n) is 15.5. The van der Waals surface area contributed by atoms with Crippen molar-refractivity contribution in [2.45, 2.75) is 33.7 Å². The van der Waals surface area contributed by atoms with E-state index in [1.807, 2.05) is 6.92 Å². The highest BCUT2D eigenvalue weighted by molar-refractivity contribution is 7.20. The van der Waals surface area contributed by atoms with E-state index in [1.54, 1.807) is 13.8 Å². The molecule has 0 aliphatic heterocycles. The molecule has 2 rings (SSSR count). The number of ether oxygens (including phenoxy) is 1. The zero-order valence-corrected chi connectivity index (χ0v) is 16.3. The number of aryl methyl sites for hydroxylation is 1. The third-order valence-electron chi connectivity index (χ3n) is 3.71. The molecule has 2 aromatic rings. The summed E-state index contributed by atoms with van der Waals surface area (Å²) in [5.74, 6) is -1.28. The van der Waals surface area contributed by atoms with Gasteiger partial charge in [-0.15, -0.1) is 11.3 Å². The van der Waals surface area contributed by atoms with E-state index < -0.39 is 17.4 Å². The summed E-state index contributed by atoms with van der Waals surface area (Å²) in [6, 6.07) is 0. The predicted octanol–water partition coefficient (Wildman–Crippen LogP) is 0.586. The molecule has 0 aliphatic rings. The molecule has 0 bridgehead atoms. The number of amides is 2. The number of hydrogen-bond donors (Lipinski definition) is 2. The maximum atomic E-state index is 12.7. The number of thiophene rings is 1. The molecule has 0 spiro atoms. The smallest absolute Gasteiger partial charge is 0.348 e. The quantitative estimate of drug-likeness (QED) is 0.632. The molecule has 0 radical (unpaired) electrons. The van der Waals surface area contributed by atoms with Crippen molar-refractivity contribution in [3.8, 4) is 0 Å². The Balaban J connectivity index is 2.15. The number of nitrogens with one attached hydrogen (secondary N) is 2. The predicted molar refractivity (Wildman–Crippen MR) is 101 cm³/mol. The molecule has 2 heterocycles. The van der Waals surface area contributed by atoms with Crippen molar-refractivity contribution in [1.82, 2.24) is 20.2 Å². The van der Waals surface area contributed by atoms with Crippen LogP contribution in [0.5, 0.6) is 0 Å². The Labute approximate surface area is 159 Å². The first-order valence-electron chi connectivity index (χ1n) is 8.58. The van der Waals surface area contributed by atoms with Crippen LogP contribution in [0.3, 0.4) is 0 Å². The molecule has 27 heavy (non-hydrogen) atoms. The largest absolute Gasteiger partial charge is 0.462 e. The minimum atomic E-state index is -0.500. The maximum absolute atomic E-state index is 12.7. The van der Waals surface area contributed by atoms with Gasteiger partial charge in [0.25, 0.3) is 5.56 Å². The maximum Gasteiger partial charge on any atom is 0.348 e. The van der Waals surface area contributed by atoms with Gasteiger partial charge in [-0.3, -0.25) is 19.0 Å². The molecule has 2 aromatic heterocycles. The first-order valence-corrected chi connectivity index (χ1v) is 9.39. The first-order chi connectivity index (χ1) is 12.9. The van der Waals surface area contributed by atoms with Gasteiger partial charge < -0.3 is 15.4 Å². The highest BCUT2D eigenvalue weighted by Gasteiger charge is 2.20. The Morgan fingerprint density at radius 1 is 1.22 bits per heavy atom. The number of rotatable bonds is 8. The summed E-state index contributed by atoms with van der Waals surface area (Å²) < 4.78 is 6.14. The summed E-state index contributed by atoms with van der Waals surface area (Å²) in [6.07, 6.45) is 2.06. The average Bonchev–Trinajstić information content (AvgIpc) is 2.98. The van der Waals surface area contributed by atoms with E-state index in [2.05, 4.69) is 15.6 Å². The van der Waals surface area contributed by atoms with Crippen molar-refractivity contribution in [3.63, 3.8) is 0 Å². The van der Waals surface area contributed by atoms with Gasteiger partial charge in [0.15, 0.2) is 0 Å². The summed E-state index contributed by atoms with van der Waals surface area (Å²) in [6.45, 7) is 5.61. The third-order valence-corrected chi connectivity index (χ3v) is 4.89. The minimum Gasteiger partial charge on any atom is -0.462 e. The van der Waals surface area contributed by atoms with Crippen molar-refractivity contribution >= 4 is 39.3 Å². The Bertz CT molecular complexity index is 918. The number of carbonyl (C=O) groups excluding carboxylic acids is 3. The topological polar surface area (TPSA) is 119 Å². The SMILES string of the molecule is CCCNC(=O)CNC(=O)Cn1cnc2sc(C(=O)OCC)c(C)c2c1=O. The van der Waals surface area contributed by atoms with E-state index in [0.29, 0.717) is 27.2 Å². The monoisotopic (exact) mass is 394 g/mol.